The minimum atomic E-state index is -0.126. The van der Waals surface area contributed by atoms with Crippen LogP contribution in [0.25, 0.3) is 33.5 Å². The number of hydrogen-bond donors (Lipinski definition) is 1. The van der Waals surface area contributed by atoms with E-state index in [-0.39, 0.29) is 23.2 Å². The molecule has 5 aromatic rings. The SMILES string of the molecule is CCCc1nc2c(=O)n3n(c(=O)c2n1Cc1ccc(-c2ccccc2-c2nn[nH]n2)cc1)C1CCC3CC1. The van der Waals surface area contributed by atoms with Crippen molar-refractivity contribution in [3.63, 3.8) is 0 Å². The third kappa shape index (κ3) is 3.47. The van der Waals surface area contributed by atoms with Crippen molar-refractivity contribution in [3.05, 3.63) is 80.6 Å². The highest BCUT2D eigenvalue weighted by Gasteiger charge is 2.36. The van der Waals surface area contributed by atoms with E-state index >= 15 is 0 Å². The van der Waals surface area contributed by atoms with E-state index in [2.05, 4.69) is 51.8 Å². The van der Waals surface area contributed by atoms with Crippen LogP contribution >= 0.6 is 0 Å². The van der Waals surface area contributed by atoms with E-state index in [9.17, 15) is 9.59 Å². The lowest BCUT2D eigenvalue weighted by atomic mass is 9.89. The van der Waals surface area contributed by atoms with Crippen LogP contribution in [0.15, 0.2) is 58.1 Å². The highest BCUT2D eigenvalue weighted by molar-refractivity contribution is 5.80. The summed E-state index contributed by atoms with van der Waals surface area (Å²) in [5.74, 6) is 1.33. The van der Waals surface area contributed by atoms with E-state index in [4.69, 9.17) is 4.98 Å². The summed E-state index contributed by atoms with van der Waals surface area (Å²) in [5, 5.41) is 14.5. The molecule has 0 radical (unpaired) electrons. The monoisotopic (exact) mass is 508 g/mol. The molecule has 38 heavy (non-hydrogen) atoms. The van der Waals surface area contributed by atoms with Crippen LogP contribution in [0.5, 0.6) is 0 Å². The number of nitrogens with one attached hydrogen (secondary N) is 1. The Morgan fingerprint density at radius 2 is 1.58 bits per heavy atom. The van der Waals surface area contributed by atoms with Crippen molar-refractivity contribution in [2.45, 2.75) is 64.1 Å². The Balaban J connectivity index is 1.31. The average molecular weight is 509 g/mol. The van der Waals surface area contributed by atoms with Crippen molar-refractivity contribution in [1.29, 1.82) is 0 Å². The summed E-state index contributed by atoms with van der Waals surface area (Å²) in [6.45, 7) is 2.57. The van der Waals surface area contributed by atoms with Crippen LogP contribution in [0.1, 0.15) is 62.5 Å². The number of hydrogen-bond acceptors (Lipinski definition) is 6. The van der Waals surface area contributed by atoms with E-state index in [1.165, 1.54) is 0 Å². The number of imidazole rings is 1. The van der Waals surface area contributed by atoms with Gasteiger partial charge in [0.2, 0.25) is 5.82 Å². The molecular formula is C28H28N8O2. The zero-order valence-electron chi connectivity index (χ0n) is 21.2. The van der Waals surface area contributed by atoms with Crippen LogP contribution in [0.2, 0.25) is 0 Å². The molecule has 0 spiro atoms. The maximum Gasteiger partial charge on any atom is 0.293 e. The molecule has 3 aliphatic rings. The van der Waals surface area contributed by atoms with Crippen LogP contribution in [-0.2, 0) is 13.0 Å². The van der Waals surface area contributed by atoms with Gasteiger partial charge in [-0.2, -0.15) is 5.21 Å². The maximum atomic E-state index is 13.9. The molecular weight excluding hydrogens is 480 g/mol. The molecule has 3 aromatic heterocycles. The van der Waals surface area contributed by atoms with Crippen LogP contribution in [0.4, 0.5) is 0 Å². The number of aromatic nitrogens is 8. The third-order valence-corrected chi connectivity index (χ3v) is 8.05. The van der Waals surface area contributed by atoms with Crippen molar-refractivity contribution in [3.8, 4) is 22.5 Å². The highest BCUT2D eigenvalue weighted by atomic mass is 16.2. The standard InChI is InChI=1S/C28H28N8O2/c1-2-5-23-29-24-25(28(38)36-20-14-12-19(13-15-20)35(36)27(24)37)34(23)16-17-8-10-18(11-9-17)21-6-3-4-7-22(21)26-30-32-33-31-26/h3-4,6-11,19-20H,2,5,12-16H2,1H3,(H,30,31,32,33). The molecule has 0 amide bonds. The van der Waals surface area contributed by atoms with Gasteiger partial charge < -0.3 is 4.57 Å². The fourth-order valence-electron chi connectivity index (χ4n) is 6.27. The topological polar surface area (TPSA) is 116 Å². The number of fused-ring (bicyclic) bond motifs is 3. The number of benzene rings is 2. The van der Waals surface area contributed by atoms with Gasteiger partial charge in [0.05, 0.1) is 12.1 Å². The lowest BCUT2D eigenvalue weighted by Crippen LogP contribution is -2.49. The molecule has 1 fully saturated rings. The molecule has 2 bridgehead atoms. The number of aryl methyl sites for hydroxylation is 1. The first kappa shape index (κ1) is 22.8. The number of H-pyrrole nitrogens is 1. The molecule has 1 aliphatic carbocycles. The van der Waals surface area contributed by atoms with Crippen LogP contribution < -0.4 is 11.1 Å². The smallest absolute Gasteiger partial charge is 0.293 e. The molecule has 1 N–H and O–H groups in total. The summed E-state index contributed by atoms with van der Waals surface area (Å²) in [6.07, 6.45) is 5.41. The van der Waals surface area contributed by atoms with Crippen molar-refractivity contribution in [1.82, 2.24) is 39.5 Å². The zero-order valence-corrected chi connectivity index (χ0v) is 21.2. The predicted octanol–water partition coefficient (Wildman–Crippen LogP) is 3.88. The second-order valence-electron chi connectivity index (χ2n) is 10.3. The van der Waals surface area contributed by atoms with Crippen molar-refractivity contribution in [2.24, 2.45) is 0 Å². The molecule has 2 aromatic carbocycles. The quantitative estimate of drug-likeness (QED) is 0.372. The summed E-state index contributed by atoms with van der Waals surface area (Å²) in [4.78, 5) is 32.2. The van der Waals surface area contributed by atoms with Gasteiger partial charge in [0, 0.05) is 18.5 Å². The van der Waals surface area contributed by atoms with Crippen molar-refractivity contribution in [2.75, 3.05) is 0 Å². The molecule has 5 heterocycles. The van der Waals surface area contributed by atoms with Crippen LogP contribution in [0.3, 0.4) is 0 Å². The Labute approximate surface area is 217 Å². The number of nitrogens with zero attached hydrogens (tertiary/aromatic N) is 7. The molecule has 10 heteroatoms. The Hall–Kier alpha value is -4.34. The lowest BCUT2D eigenvalue weighted by molar-refractivity contribution is 0.130. The van der Waals surface area contributed by atoms with Gasteiger partial charge in [0.25, 0.3) is 11.1 Å². The summed E-state index contributed by atoms with van der Waals surface area (Å²) in [6, 6.07) is 16.4. The second-order valence-corrected chi connectivity index (χ2v) is 10.3. The second kappa shape index (κ2) is 8.90. The van der Waals surface area contributed by atoms with Gasteiger partial charge in [-0.3, -0.25) is 9.59 Å². The summed E-state index contributed by atoms with van der Waals surface area (Å²) < 4.78 is 5.43. The minimum absolute atomic E-state index is 0.0884. The average Bonchev–Trinajstić information content (AvgIpc) is 3.62. The molecule has 8 rings (SSSR count). The summed E-state index contributed by atoms with van der Waals surface area (Å²) >= 11 is 0. The molecule has 10 nitrogen and oxygen atoms in total. The van der Waals surface area contributed by atoms with Gasteiger partial charge >= 0.3 is 0 Å². The molecule has 0 unspecified atom stereocenters. The van der Waals surface area contributed by atoms with Gasteiger partial charge in [-0.15, -0.1) is 10.2 Å². The number of rotatable bonds is 6. The fraction of sp³-hybridized carbons (Fsp3) is 0.357. The third-order valence-electron chi connectivity index (χ3n) is 8.05. The van der Waals surface area contributed by atoms with Crippen LogP contribution in [0, 0.1) is 0 Å². The zero-order chi connectivity index (χ0) is 25.8. The first-order valence-electron chi connectivity index (χ1n) is 13.3. The van der Waals surface area contributed by atoms with Gasteiger partial charge in [0.1, 0.15) is 11.3 Å². The van der Waals surface area contributed by atoms with Gasteiger partial charge in [-0.1, -0.05) is 55.5 Å². The molecule has 0 saturated heterocycles. The Kier molecular flexibility index (Phi) is 5.34. The Morgan fingerprint density at radius 1 is 0.895 bits per heavy atom. The predicted molar refractivity (Wildman–Crippen MR) is 143 cm³/mol. The maximum absolute atomic E-state index is 13.9. The summed E-state index contributed by atoms with van der Waals surface area (Å²) in [7, 11) is 0. The fourth-order valence-corrected chi connectivity index (χ4v) is 6.27. The minimum Gasteiger partial charge on any atom is -0.319 e. The lowest BCUT2D eigenvalue weighted by Gasteiger charge is -2.40. The van der Waals surface area contributed by atoms with Gasteiger partial charge in [0.15, 0.2) is 5.52 Å². The molecule has 192 valence electrons. The molecule has 0 atom stereocenters. The summed E-state index contributed by atoms with van der Waals surface area (Å²) in [5.41, 5.74) is 4.50. The number of tetrazole rings is 1. The highest BCUT2D eigenvalue weighted by Crippen LogP contribution is 2.39. The van der Waals surface area contributed by atoms with E-state index in [1.54, 1.807) is 9.36 Å². The van der Waals surface area contributed by atoms with E-state index in [0.29, 0.717) is 29.8 Å². The first-order valence-corrected chi connectivity index (χ1v) is 13.3. The Morgan fingerprint density at radius 3 is 2.24 bits per heavy atom. The van der Waals surface area contributed by atoms with E-state index in [0.717, 1.165) is 60.2 Å². The van der Waals surface area contributed by atoms with Crippen molar-refractivity contribution >= 4 is 11.0 Å². The van der Waals surface area contributed by atoms with Gasteiger partial charge in [-0.25, -0.2) is 14.3 Å². The van der Waals surface area contributed by atoms with E-state index < -0.39 is 0 Å². The molecule has 2 aliphatic heterocycles. The van der Waals surface area contributed by atoms with E-state index in [1.807, 2.05) is 28.8 Å². The van der Waals surface area contributed by atoms with Crippen LogP contribution in [-0.4, -0.2) is 39.5 Å². The van der Waals surface area contributed by atoms with Crippen molar-refractivity contribution < 1.29 is 0 Å². The van der Waals surface area contributed by atoms with Gasteiger partial charge in [-0.05, 0) is 54.0 Å². The number of aromatic amines is 1. The normalized spacial score (nSPS) is 18.2. The molecule has 1 saturated carbocycles. The largest absolute Gasteiger partial charge is 0.319 e. The Bertz CT molecular complexity index is 1750. The first-order chi connectivity index (χ1) is 18.6.